The van der Waals surface area contributed by atoms with Crippen LogP contribution in [-0.2, 0) is 0 Å². The lowest BCUT2D eigenvalue weighted by Gasteiger charge is -2.32. The van der Waals surface area contributed by atoms with Gasteiger partial charge in [-0.3, -0.25) is 0 Å². The van der Waals surface area contributed by atoms with Crippen LogP contribution >= 0.6 is 15.9 Å². The molecule has 1 aliphatic rings. The molecule has 15 heavy (non-hydrogen) atoms. The fraction of sp³-hybridized carbons (Fsp3) is 0.500. The van der Waals surface area contributed by atoms with Gasteiger partial charge in [0.05, 0.1) is 0 Å². The van der Waals surface area contributed by atoms with E-state index in [9.17, 15) is 5.11 Å². The molecule has 0 saturated carbocycles. The van der Waals surface area contributed by atoms with E-state index in [0.717, 1.165) is 23.9 Å². The predicted octanol–water partition coefficient (Wildman–Crippen LogP) is 2.48. The number of nitrogens with one attached hydrogen (secondary N) is 1. The molecule has 2 unspecified atom stereocenters. The zero-order valence-corrected chi connectivity index (χ0v) is 10.2. The smallest absolute Gasteiger partial charge is 0.0477 e. The molecule has 0 radical (unpaired) electrons. The maximum absolute atomic E-state index is 9.36. The van der Waals surface area contributed by atoms with E-state index in [0.29, 0.717) is 12.0 Å². The summed E-state index contributed by atoms with van der Waals surface area (Å²) in [5.41, 5.74) is 1.26. The van der Waals surface area contributed by atoms with E-state index in [1.807, 2.05) is 12.1 Å². The number of hydrogen-bond donors (Lipinski definition) is 2. The first-order valence-electron chi connectivity index (χ1n) is 5.41. The van der Waals surface area contributed by atoms with Crippen LogP contribution in [0.25, 0.3) is 0 Å². The summed E-state index contributed by atoms with van der Waals surface area (Å²) >= 11 is 3.57. The molecule has 1 aromatic rings. The van der Waals surface area contributed by atoms with E-state index in [1.54, 1.807) is 0 Å². The summed E-state index contributed by atoms with van der Waals surface area (Å²) in [6.07, 6.45) is 2.27. The Hall–Kier alpha value is -0.380. The summed E-state index contributed by atoms with van der Waals surface area (Å²) in [6.45, 7) is 1.31. The van der Waals surface area contributed by atoms with Crippen molar-refractivity contribution in [3.8, 4) is 0 Å². The van der Waals surface area contributed by atoms with Gasteiger partial charge in [0.2, 0.25) is 0 Å². The Morgan fingerprint density at radius 1 is 1.40 bits per heavy atom. The highest BCUT2D eigenvalue weighted by molar-refractivity contribution is 9.10. The Balaban J connectivity index is 2.24. The average Bonchev–Trinajstić information content (AvgIpc) is 2.30. The van der Waals surface area contributed by atoms with Gasteiger partial charge >= 0.3 is 0 Å². The second-order valence-corrected chi connectivity index (χ2v) is 4.89. The molecule has 0 amide bonds. The fourth-order valence-electron chi connectivity index (χ4n) is 2.24. The third-order valence-electron chi connectivity index (χ3n) is 3.06. The molecule has 1 heterocycles. The third kappa shape index (κ3) is 2.41. The number of aliphatic hydroxyl groups is 1. The molecule has 1 saturated heterocycles. The first-order valence-corrected chi connectivity index (χ1v) is 6.21. The Bertz CT molecular complexity index is 329. The molecule has 1 aromatic carbocycles. The molecule has 1 fully saturated rings. The van der Waals surface area contributed by atoms with Crippen LogP contribution in [-0.4, -0.2) is 18.3 Å². The number of rotatable bonds is 2. The largest absolute Gasteiger partial charge is 0.396 e. The summed E-state index contributed by atoms with van der Waals surface area (Å²) in [6, 6.07) is 8.53. The summed E-state index contributed by atoms with van der Waals surface area (Å²) in [5.74, 6) is 0.345. The minimum absolute atomic E-state index is 0.263. The highest BCUT2D eigenvalue weighted by Gasteiger charge is 2.26. The standard InChI is InChI=1S/C12H16BrNO/c13-11-6-2-1-5-10(11)12-9(8-15)4-3-7-14-12/h1-2,5-6,9,12,14-15H,3-4,7-8H2. The van der Waals surface area contributed by atoms with E-state index in [1.165, 1.54) is 5.56 Å². The molecule has 0 spiro atoms. The SMILES string of the molecule is OCC1CCCNC1c1ccccc1Br. The van der Waals surface area contributed by atoms with Crippen molar-refractivity contribution in [3.63, 3.8) is 0 Å². The first-order chi connectivity index (χ1) is 7.33. The number of piperidine rings is 1. The lowest BCUT2D eigenvalue weighted by molar-refractivity contribution is 0.160. The molecular weight excluding hydrogens is 254 g/mol. The molecule has 2 rings (SSSR count). The van der Waals surface area contributed by atoms with E-state index in [2.05, 4.69) is 33.4 Å². The monoisotopic (exact) mass is 269 g/mol. The topological polar surface area (TPSA) is 32.3 Å². The highest BCUT2D eigenvalue weighted by Crippen LogP contribution is 2.32. The Kier molecular flexibility index (Phi) is 3.78. The molecule has 1 aliphatic heterocycles. The molecular formula is C12H16BrNO. The molecule has 2 N–H and O–H groups in total. The summed E-state index contributed by atoms with van der Waals surface area (Å²) < 4.78 is 1.13. The van der Waals surface area contributed by atoms with Gasteiger partial charge in [-0.15, -0.1) is 0 Å². The van der Waals surface area contributed by atoms with Crippen LogP contribution in [0.4, 0.5) is 0 Å². The molecule has 82 valence electrons. The Labute approximate surface area is 98.8 Å². The molecule has 2 atom stereocenters. The number of aliphatic hydroxyl groups excluding tert-OH is 1. The van der Waals surface area contributed by atoms with Crippen molar-refractivity contribution >= 4 is 15.9 Å². The third-order valence-corrected chi connectivity index (χ3v) is 3.78. The molecule has 3 heteroatoms. The Morgan fingerprint density at radius 2 is 2.20 bits per heavy atom. The number of hydrogen-bond acceptors (Lipinski definition) is 2. The van der Waals surface area contributed by atoms with Crippen molar-refractivity contribution in [2.24, 2.45) is 5.92 Å². The van der Waals surface area contributed by atoms with Crippen LogP contribution in [0.5, 0.6) is 0 Å². The Morgan fingerprint density at radius 3 is 2.93 bits per heavy atom. The van der Waals surface area contributed by atoms with E-state index in [4.69, 9.17) is 0 Å². The van der Waals surface area contributed by atoms with Gasteiger partial charge in [-0.2, -0.15) is 0 Å². The van der Waals surface area contributed by atoms with E-state index < -0.39 is 0 Å². The molecule has 0 aliphatic carbocycles. The van der Waals surface area contributed by atoms with Gasteiger partial charge in [0.25, 0.3) is 0 Å². The predicted molar refractivity (Wildman–Crippen MR) is 64.7 cm³/mol. The molecule has 0 aromatic heterocycles. The van der Waals surface area contributed by atoms with Crippen LogP contribution in [0.3, 0.4) is 0 Å². The summed E-state index contributed by atoms with van der Waals surface area (Å²) in [5, 5.41) is 12.8. The van der Waals surface area contributed by atoms with Crippen LogP contribution in [0, 0.1) is 5.92 Å². The van der Waals surface area contributed by atoms with Crippen molar-refractivity contribution < 1.29 is 5.11 Å². The van der Waals surface area contributed by atoms with Crippen molar-refractivity contribution in [2.75, 3.05) is 13.2 Å². The second kappa shape index (κ2) is 5.10. The van der Waals surface area contributed by atoms with Crippen LogP contribution in [0.1, 0.15) is 24.4 Å². The average molecular weight is 270 g/mol. The zero-order valence-electron chi connectivity index (χ0n) is 8.62. The second-order valence-electron chi connectivity index (χ2n) is 4.04. The van der Waals surface area contributed by atoms with Crippen molar-refractivity contribution in [3.05, 3.63) is 34.3 Å². The maximum atomic E-state index is 9.36. The fourth-order valence-corrected chi connectivity index (χ4v) is 2.77. The quantitative estimate of drug-likeness (QED) is 0.865. The lowest BCUT2D eigenvalue weighted by Crippen LogP contribution is -2.36. The number of benzene rings is 1. The lowest BCUT2D eigenvalue weighted by atomic mass is 9.87. The highest BCUT2D eigenvalue weighted by atomic mass is 79.9. The molecule has 2 nitrogen and oxygen atoms in total. The minimum Gasteiger partial charge on any atom is -0.396 e. The number of halogens is 1. The van der Waals surface area contributed by atoms with Crippen LogP contribution in [0.15, 0.2) is 28.7 Å². The van der Waals surface area contributed by atoms with E-state index >= 15 is 0 Å². The van der Waals surface area contributed by atoms with Crippen molar-refractivity contribution in [1.82, 2.24) is 5.32 Å². The van der Waals surface area contributed by atoms with Gasteiger partial charge in [0, 0.05) is 23.0 Å². The van der Waals surface area contributed by atoms with Gasteiger partial charge in [-0.05, 0) is 31.0 Å². The normalized spacial score (nSPS) is 26.5. The van der Waals surface area contributed by atoms with Crippen molar-refractivity contribution in [2.45, 2.75) is 18.9 Å². The maximum Gasteiger partial charge on any atom is 0.0477 e. The summed E-state index contributed by atoms with van der Waals surface area (Å²) in [7, 11) is 0. The van der Waals surface area contributed by atoms with Crippen molar-refractivity contribution in [1.29, 1.82) is 0 Å². The zero-order chi connectivity index (χ0) is 10.7. The minimum atomic E-state index is 0.263. The molecule has 0 bridgehead atoms. The first kappa shape index (κ1) is 11.1. The van der Waals surface area contributed by atoms with E-state index in [-0.39, 0.29) is 6.61 Å². The van der Waals surface area contributed by atoms with Gasteiger partial charge < -0.3 is 10.4 Å². The van der Waals surface area contributed by atoms with Gasteiger partial charge in [0.15, 0.2) is 0 Å². The summed E-state index contributed by atoms with van der Waals surface area (Å²) in [4.78, 5) is 0. The van der Waals surface area contributed by atoms with Gasteiger partial charge in [-0.1, -0.05) is 34.1 Å². The van der Waals surface area contributed by atoms with Gasteiger partial charge in [0.1, 0.15) is 0 Å². The van der Waals surface area contributed by atoms with Crippen LogP contribution < -0.4 is 5.32 Å². The van der Waals surface area contributed by atoms with Crippen LogP contribution in [0.2, 0.25) is 0 Å². The van der Waals surface area contributed by atoms with Gasteiger partial charge in [-0.25, -0.2) is 0 Å².